The third-order valence-corrected chi connectivity index (χ3v) is 1.71. The molecule has 0 aliphatic heterocycles. The molecule has 2 aromatic rings. The van der Waals surface area contributed by atoms with E-state index in [2.05, 4.69) is 6.07 Å². The lowest BCUT2D eigenvalue weighted by molar-refractivity contribution is 0.616. The van der Waals surface area contributed by atoms with Crippen LogP contribution in [0.15, 0.2) is 28.9 Å². The molecule has 12 heavy (non-hydrogen) atoms. The fourth-order valence-corrected chi connectivity index (χ4v) is 1.19. The first-order chi connectivity index (χ1) is 5.81. The molecule has 0 unspecified atom stereocenters. The van der Waals surface area contributed by atoms with Crippen LogP contribution in [-0.2, 0) is 0 Å². The van der Waals surface area contributed by atoms with E-state index in [1.54, 1.807) is 24.5 Å². The van der Waals surface area contributed by atoms with Crippen molar-refractivity contribution in [3.05, 3.63) is 30.0 Å². The minimum atomic E-state index is 0.550. The average molecular weight is 158 g/mol. The maximum Gasteiger partial charge on any atom is 0.137 e. The second-order valence-corrected chi connectivity index (χ2v) is 2.51. The Morgan fingerprint density at radius 3 is 3.00 bits per heavy atom. The van der Waals surface area contributed by atoms with Gasteiger partial charge in [0.05, 0.1) is 17.9 Å². The Hall–Kier alpha value is -1.95. The summed E-state index contributed by atoms with van der Waals surface area (Å²) in [5.74, 6) is 0. The van der Waals surface area contributed by atoms with Crippen molar-refractivity contribution in [1.29, 1.82) is 5.26 Å². The van der Waals surface area contributed by atoms with Crippen molar-refractivity contribution in [2.75, 3.05) is 5.73 Å². The Morgan fingerprint density at radius 2 is 2.25 bits per heavy atom. The van der Waals surface area contributed by atoms with Gasteiger partial charge < -0.3 is 10.2 Å². The van der Waals surface area contributed by atoms with Gasteiger partial charge in [-0.15, -0.1) is 0 Å². The lowest BCUT2D eigenvalue weighted by atomic mass is 10.1. The second kappa shape index (κ2) is 2.28. The molecular formula is C9H6N2O. The van der Waals surface area contributed by atoms with Crippen LogP contribution in [-0.4, -0.2) is 0 Å². The molecule has 2 rings (SSSR count). The summed E-state index contributed by atoms with van der Waals surface area (Å²) in [5, 5.41) is 9.54. The van der Waals surface area contributed by atoms with Crippen molar-refractivity contribution in [2.45, 2.75) is 0 Å². The molecule has 0 amide bonds. The van der Waals surface area contributed by atoms with E-state index in [1.165, 1.54) is 0 Å². The van der Waals surface area contributed by atoms with Crippen molar-refractivity contribution >= 4 is 16.7 Å². The predicted octanol–water partition coefficient (Wildman–Crippen LogP) is 1.89. The van der Waals surface area contributed by atoms with Crippen LogP contribution in [0.5, 0.6) is 0 Å². The van der Waals surface area contributed by atoms with E-state index in [0.717, 1.165) is 5.39 Å². The summed E-state index contributed by atoms with van der Waals surface area (Å²) in [6.45, 7) is 0. The molecule has 1 heterocycles. The Labute approximate surface area is 69.0 Å². The molecule has 0 radical (unpaired) electrons. The summed E-state index contributed by atoms with van der Waals surface area (Å²) < 4.78 is 5.11. The zero-order valence-electron chi connectivity index (χ0n) is 6.24. The summed E-state index contributed by atoms with van der Waals surface area (Å²) >= 11 is 0. The van der Waals surface area contributed by atoms with Gasteiger partial charge in [0.1, 0.15) is 5.58 Å². The minimum Gasteiger partial charge on any atom is -0.464 e. The van der Waals surface area contributed by atoms with Gasteiger partial charge in [-0.05, 0) is 12.1 Å². The second-order valence-electron chi connectivity index (χ2n) is 2.51. The molecule has 2 N–H and O–H groups in total. The number of hydrogen-bond donors (Lipinski definition) is 1. The molecule has 0 aliphatic rings. The summed E-state index contributed by atoms with van der Waals surface area (Å²) in [7, 11) is 0. The normalized spacial score (nSPS) is 9.92. The summed E-state index contributed by atoms with van der Waals surface area (Å²) in [5.41, 5.74) is 7.31. The van der Waals surface area contributed by atoms with Crippen LogP contribution in [0.1, 0.15) is 5.56 Å². The third-order valence-electron chi connectivity index (χ3n) is 1.71. The lowest BCUT2D eigenvalue weighted by Crippen LogP contribution is -1.85. The van der Waals surface area contributed by atoms with Gasteiger partial charge >= 0.3 is 0 Å². The van der Waals surface area contributed by atoms with Crippen molar-refractivity contribution in [3.8, 4) is 6.07 Å². The van der Waals surface area contributed by atoms with E-state index < -0.39 is 0 Å². The van der Waals surface area contributed by atoms with Gasteiger partial charge in [-0.2, -0.15) is 5.26 Å². The number of anilines is 1. The predicted molar refractivity (Wildman–Crippen MR) is 45.3 cm³/mol. The van der Waals surface area contributed by atoms with E-state index >= 15 is 0 Å². The van der Waals surface area contributed by atoms with Crippen LogP contribution in [0.3, 0.4) is 0 Å². The summed E-state index contributed by atoms with van der Waals surface area (Å²) in [6.07, 6.45) is 1.55. The van der Waals surface area contributed by atoms with Gasteiger partial charge in [0.2, 0.25) is 0 Å². The Balaban J connectivity index is 2.91. The fourth-order valence-electron chi connectivity index (χ4n) is 1.19. The van der Waals surface area contributed by atoms with Crippen LogP contribution >= 0.6 is 0 Å². The number of benzene rings is 1. The van der Waals surface area contributed by atoms with Crippen LogP contribution < -0.4 is 5.73 Å². The molecule has 58 valence electrons. The quantitative estimate of drug-likeness (QED) is 0.595. The molecule has 1 aromatic heterocycles. The Kier molecular flexibility index (Phi) is 1.28. The molecule has 0 atom stereocenters. The maximum atomic E-state index is 8.73. The molecule has 0 saturated heterocycles. The highest BCUT2D eigenvalue weighted by Crippen LogP contribution is 2.22. The molecule has 0 bridgehead atoms. The van der Waals surface area contributed by atoms with Crippen molar-refractivity contribution in [1.82, 2.24) is 0 Å². The number of rotatable bonds is 0. The molecule has 3 heteroatoms. The smallest absolute Gasteiger partial charge is 0.137 e. The highest BCUT2D eigenvalue weighted by atomic mass is 16.3. The zero-order chi connectivity index (χ0) is 8.55. The first-order valence-electron chi connectivity index (χ1n) is 3.48. The number of nitrogens with two attached hydrogens (primary N) is 1. The maximum absolute atomic E-state index is 8.73. The first kappa shape index (κ1) is 6.74. The van der Waals surface area contributed by atoms with Crippen molar-refractivity contribution in [3.63, 3.8) is 0 Å². The Bertz CT molecular complexity index is 465. The van der Waals surface area contributed by atoms with Crippen LogP contribution in [0.2, 0.25) is 0 Å². The zero-order valence-corrected chi connectivity index (χ0v) is 6.24. The first-order valence-corrected chi connectivity index (χ1v) is 3.48. The van der Waals surface area contributed by atoms with Gasteiger partial charge in [0.25, 0.3) is 0 Å². The highest BCUT2D eigenvalue weighted by Gasteiger charge is 2.03. The van der Waals surface area contributed by atoms with Crippen LogP contribution in [0, 0.1) is 11.3 Å². The Morgan fingerprint density at radius 1 is 1.42 bits per heavy atom. The van der Waals surface area contributed by atoms with Gasteiger partial charge in [0, 0.05) is 17.1 Å². The summed E-state index contributed by atoms with van der Waals surface area (Å²) in [4.78, 5) is 0. The van der Waals surface area contributed by atoms with Gasteiger partial charge in [-0.3, -0.25) is 0 Å². The topological polar surface area (TPSA) is 63.0 Å². The molecule has 1 aromatic carbocycles. The SMILES string of the molecule is N#Cc1cc(N)cc2occc12. The molecule has 0 fully saturated rings. The van der Waals surface area contributed by atoms with Gasteiger partial charge in [0.15, 0.2) is 0 Å². The standard InChI is InChI=1S/C9H6N2O/c10-5-6-3-7(11)4-9-8(6)1-2-12-9/h1-4H,11H2. The largest absolute Gasteiger partial charge is 0.464 e. The summed E-state index contributed by atoms with van der Waals surface area (Å²) in [6, 6.07) is 7.16. The molecule has 0 saturated carbocycles. The van der Waals surface area contributed by atoms with Crippen LogP contribution in [0.25, 0.3) is 11.0 Å². The molecular weight excluding hydrogens is 152 g/mol. The number of furan rings is 1. The molecule has 0 spiro atoms. The van der Waals surface area contributed by atoms with Gasteiger partial charge in [-0.25, -0.2) is 0 Å². The van der Waals surface area contributed by atoms with Crippen molar-refractivity contribution < 1.29 is 4.42 Å². The minimum absolute atomic E-state index is 0.550. The van der Waals surface area contributed by atoms with Crippen LogP contribution in [0.4, 0.5) is 5.69 Å². The average Bonchev–Trinajstić information content (AvgIpc) is 2.50. The number of nitriles is 1. The number of fused-ring (bicyclic) bond motifs is 1. The number of nitrogens with zero attached hydrogens (tertiary/aromatic N) is 1. The fraction of sp³-hybridized carbons (Fsp3) is 0. The van der Waals surface area contributed by atoms with E-state index in [0.29, 0.717) is 16.8 Å². The van der Waals surface area contributed by atoms with Gasteiger partial charge in [-0.1, -0.05) is 0 Å². The highest BCUT2D eigenvalue weighted by molar-refractivity contribution is 5.86. The number of hydrogen-bond acceptors (Lipinski definition) is 3. The molecule has 3 nitrogen and oxygen atoms in total. The van der Waals surface area contributed by atoms with E-state index in [9.17, 15) is 0 Å². The van der Waals surface area contributed by atoms with E-state index in [1.807, 2.05) is 0 Å². The van der Waals surface area contributed by atoms with Crippen molar-refractivity contribution in [2.24, 2.45) is 0 Å². The van der Waals surface area contributed by atoms with E-state index in [-0.39, 0.29) is 0 Å². The monoisotopic (exact) mass is 158 g/mol. The van der Waals surface area contributed by atoms with E-state index in [4.69, 9.17) is 15.4 Å². The molecule has 0 aliphatic carbocycles. The number of nitrogen functional groups attached to an aromatic ring is 1. The third kappa shape index (κ3) is 0.823. The lowest BCUT2D eigenvalue weighted by Gasteiger charge is -1.94.